The number of carbonyl (C=O) groups excluding carboxylic acids is 1. The molecule has 2 aromatic carbocycles. The highest BCUT2D eigenvalue weighted by atomic mass is 16.5. The van der Waals surface area contributed by atoms with E-state index in [0.29, 0.717) is 49.0 Å². The van der Waals surface area contributed by atoms with Crippen molar-refractivity contribution < 1.29 is 14.1 Å². The van der Waals surface area contributed by atoms with E-state index in [9.17, 15) is 9.59 Å². The number of anilines is 1. The van der Waals surface area contributed by atoms with E-state index < -0.39 is 0 Å². The summed E-state index contributed by atoms with van der Waals surface area (Å²) in [6, 6.07) is 16.8. The van der Waals surface area contributed by atoms with E-state index in [0.717, 1.165) is 16.8 Å². The Bertz CT molecular complexity index is 1450. The zero-order valence-corrected chi connectivity index (χ0v) is 20.7. The summed E-state index contributed by atoms with van der Waals surface area (Å²) in [5, 5.41) is 4.81. The fourth-order valence-electron chi connectivity index (χ4n) is 4.58. The number of amides is 1. The van der Waals surface area contributed by atoms with Crippen molar-refractivity contribution in [2.24, 2.45) is 0 Å². The van der Waals surface area contributed by atoms with Crippen molar-refractivity contribution in [3.05, 3.63) is 70.8 Å². The van der Waals surface area contributed by atoms with Gasteiger partial charge in [-0.15, -0.1) is 0 Å². The van der Waals surface area contributed by atoms with Crippen LogP contribution in [0.2, 0.25) is 0 Å². The molecule has 1 aliphatic heterocycles. The average Bonchev–Trinajstić information content (AvgIpc) is 3.41. The number of carbonyl (C=O) groups is 1. The fraction of sp³-hybridized carbons (Fsp3) is 0.333. The number of para-hydroxylation sites is 3. The van der Waals surface area contributed by atoms with Crippen LogP contribution in [0.5, 0.6) is 5.75 Å². The Morgan fingerprint density at radius 2 is 1.78 bits per heavy atom. The number of benzene rings is 2. The summed E-state index contributed by atoms with van der Waals surface area (Å²) >= 11 is 0. The van der Waals surface area contributed by atoms with Crippen molar-refractivity contribution in [1.29, 1.82) is 0 Å². The molecule has 1 aliphatic rings. The van der Waals surface area contributed by atoms with Crippen LogP contribution in [0.4, 0.5) is 5.69 Å². The third-order valence-electron chi connectivity index (χ3n) is 6.56. The van der Waals surface area contributed by atoms with Gasteiger partial charge in [0.25, 0.3) is 11.4 Å². The maximum Gasteiger partial charge on any atom is 0.258 e. The van der Waals surface area contributed by atoms with E-state index in [1.54, 1.807) is 7.11 Å². The number of fused-ring (bicyclic) bond motifs is 1. The van der Waals surface area contributed by atoms with Crippen LogP contribution in [-0.2, 0) is 11.3 Å². The molecule has 0 unspecified atom stereocenters. The molecule has 0 atom stereocenters. The predicted octanol–water partition coefficient (Wildman–Crippen LogP) is 3.53. The van der Waals surface area contributed by atoms with E-state index >= 15 is 0 Å². The van der Waals surface area contributed by atoms with Crippen LogP contribution in [0.1, 0.15) is 25.6 Å². The van der Waals surface area contributed by atoms with Crippen LogP contribution < -0.4 is 15.2 Å². The van der Waals surface area contributed by atoms with Crippen molar-refractivity contribution in [1.82, 2.24) is 19.6 Å². The summed E-state index contributed by atoms with van der Waals surface area (Å²) in [6.07, 6.45) is 0. The number of nitrogens with zero attached hydrogens (tertiary/aromatic N) is 5. The van der Waals surface area contributed by atoms with Crippen LogP contribution in [-0.4, -0.2) is 58.8 Å². The number of ether oxygens (including phenoxy) is 1. The summed E-state index contributed by atoms with van der Waals surface area (Å²) < 4.78 is 12.5. The van der Waals surface area contributed by atoms with E-state index in [1.165, 1.54) is 10.6 Å². The average molecular weight is 488 g/mol. The molecule has 0 saturated carbocycles. The molecule has 0 spiro atoms. The smallest absolute Gasteiger partial charge is 0.258 e. The largest absolute Gasteiger partial charge is 0.495 e. The molecule has 2 aromatic heterocycles. The zero-order chi connectivity index (χ0) is 25.2. The van der Waals surface area contributed by atoms with Crippen LogP contribution in [0.15, 0.2) is 63.9 Å². The summed E-state index contributed by atoms with van der Waals surface area (Å²) in [6.45, 7) is 6.45. The van der Waals surface area contributed by atoms with Gasteiger partial charge in [-0.2, -0.15) is 4.98 Å². The molecular formula is C27H29N5O4. The van der Waals surface area contributed by atoms with Crippen molar-refractivity contribution in [3.8, 4) is 17.2 Å². The first-order valence-electron chi connectivity index (χ1n) is 12.1. The van der Waals surface area contributed by atoms with E-state index in [1.807, 2.05) is 67.3 Å². The molecule has 3 heterocycles. The van der Waals surface area contributed by atoms with E-state index in [4.69, 9.17) is 9.26 Å². The van der Waals surface area contributed by atoms with Crippen molar-refractivity contribution in [3.63, 3.8) is 0 Å². The lowest BCUT2D eigenvalue weighted by Crippen LogP contribution is -2.50. The molecule has 0 bridgehead atoms. The third-order valence-corrected chi connectivity index (χ3v) is 6.56. The zero-order valence-electron chi connectivity index (χ0n) is 20.7. The Hall–Kier alpha value is -4.14. The van der Waals surface area contributed by atoms with Crippen LogP contribution in [0.3, 0.4) is 0 Å². The van der Waals surface area contributed by atoms with Gasteiger partial charge in [0.2, 0.25) is 5.91 Å². The first-order chi connectivity index (χ1) is 17.5. The molecule has 0 N–H and O–H groups in total. The molecule has 0 aliphatic carbocycles. The highest BCUT2D eigenvalue weighted by Gasteiger charge is 2.24. The van der Waals surface area contributed by atoms with Crippen LogP contribution in [0.25, 0.3) is 22.4 Å². The first kappa shape index (κ1) is 23.6. The number of hydrogen-bond donors (Lipinski definition) is 0. The lowest BCUT2D eigenvalue weighted by Gasteiger charge is -2.36. The van der Waals surface area contributed by atoms with Gasteiger partial charge in [-0.1, -0.05) is 49.3 Å². The molecule has 0 radical (unpaired) electrons. The van der Waals surface area contributed by atoms with E-state index in [2.05, 4.69) is 15.0 Å². The molecule has 186 valence electrons. The van der Waals surface area contributed by atoms with Gasteiger partial charge in [0, 0.05) is 43.5 Å². The molecule has 9 heteroatoms. The van der Waals surface area contributed by atoms with Gasteiger partial charge < -0.3 is 19.1 Å². The van der Waals surface area contributed by atoms with Gasteiger partial charge in [-0.25, -0.2) is 0 Å². The van der Waals surface area contributed by atoms with Gasteiger partial charge in [-0.05, 0) is 18.2 Å². The summed E-state index contributed by atoms with van der Waals surface area (Å²) in [4.78, 5) is 34.9. The number of hydrogen-bond acceptors (Lipinski definition) is 7. The van der Waals surface area contributed by atoms with Gasteiger partial charge in [0.15, 0.2) is 5.82 Å². The van der Waals surface area contributed by atoms with Gasteiger partial charge >= 0.3 is 0 Å². The van der Waals surface area contributed by atoms with Crippen molar-refractivity contribution >= 4 is 22.5 Å². The van der Waals surface area contributed by atoms with Gasteiger partial charge in [0.1, 0.15) is 12.3 Å². The second-order valence-electron chi connectivity index (χ2n) is 9.15. The second kappa shape index (κ2) is 9.85. The Labute approximate surface area is 208 Å². The SMILES string of the molecule is COc1ccccc1N1CCN(C(=O)Cn2c(=O)cc(-c3nc(C(C)C)no3)c3ccccc32)CC1. The van der Waals surface area contributed by atoms with Gasteiger partial charge in [-0.3, -0.25) is 14.2 Å². The molecule has 1 fully saturated rings. The molecule has 1 saturated heterocycles. The number of piperazine rings is 1. The minimum Gasteiger partial charge on any atom is -0.495 e. The molecule has 9 nitrogen and oxygen atoms in total. The number of aromatic nitrogens is 3. The number of pyridine rings is 1. The van der Waals surface area contributed by atoms with Crippen molar-refractivity contribution in [2.75, 3.05) is 38.2 Å². The highest BCUT2D eigenvalue weighted by Crippen LogP contribution is 2.29. The van der Waals surface area contributed by atoms with Crippen LogP contribution >= 0.6 is 0 Å². The molecule has 1 amide bonds. The molecular weight excluding hydrogens is 458 g/mol. The summed E-state index contributed by atoms with van der Waals surface area (Å²) in [7, 11) is 1.66. The predicted molar refractivity (Wildman–Crippen MR) is 137 cm³/mol. The molecule has 36 heavy (non-hydrogen) atoms. The molecule has 5 rings (SSSR count). The number of rotatable bonds is 6. The highest BCUT2D eigenvalue weighted by molar-refractivity contribution is 5.93. The number of methoxy groups -OCH3 is 1. The Morgan fingerprint density at radius 1 is 1.06 bits per heavy atom. The third kappa shape index (κ3) is 4.44. The van der Waals surface area contributed by atoms with Gasteiger partial charge in [0.05, 0.1) is 23.9 Å². The normalized spacial score (nSPS) is 14.0. The lowest BCUT2D eigenvalue weighted by atomic mass is 10.1. The minimum atomic E-state index is -0.283. The Morgan fingerprint density at radius 3 is 2.50 bits per heavy atom. The minimum absolute atomic E-state index is 0.0324. The lowest BCUT2D eigenvalue weighted by molar-refractivity contribution is -0.132. The second-order valence-corrected chi connectivity index (χ2v) is 9.15. The summed E-state index contributed by atoms with van der Waals surface area (Å²) in [5.41, 5.74) is 1.97. The molecule has 4 aromatic rings. The maximum absolute atomic E-state index is 13.2. The topological polar surface area (TPSA) is 93.7 Å². The summed E-state index contributed by atoms with van der Waals surface area (Å²) in [5.74, 6) is 1.72. The Kier molecular flexibility index (Phi) is 6.45. The maximum atomic E-state index is 13.2. The van der Waals surface area contributed by atoms with Crippen LogP contribution in [0, 0.1) is 0 Å². The Balaban J connectivity index is 1.37. The van der Waals surface area contributed by atoms with E-state index in [-0.39, 0.29) is 23.9 Å². The quantitative estimate of drug-likeness (QED) is 0.411. The van der Waals surface area contributed by atoms with Crippen molar-refractivity contribution in [2.45, 2.75) is 26.3 Å². The monoisotopic (exact) mass is 487 g/mol. The first-order valence-corrected chi connectivity index (χ1v) is 12.1. The fourth-order valence-corrected chi connectivity index (χ4v) is 4.58. The standard InChI is InChI=1S/C27H29N5O4/c1-18(2)26-28-27(36-29-26)20-16-24(33)32(21-9-5-4-8-19(20)21)17-25(34)31-14-12-30(13-15-31)22-10-6-7-11-23(22)35-3/h4-11,16,18H,12-15,17H2,1-3H3.